The Kier molecular flexibility index (Phi) is 3.63. The van der Waals surface area contributed by atoms with Crippen molar-refractivity contribution < 1.29 is 18.4 Å². The lowest BCUT2D eigenvalue weighted by Crippen LogP contribution is -2.28. The monoisotopic (exact) mass is 297 g/mol. The second-order valence-corrected chi connectivity index (χ2v) is 6.25. The number of hydroxylamine groups is 1. The summed E-state index contributed by atoms with van der Waals surface area (Å²) in [6.07, 6.45) is -0.820. The summed E-state index contributed by atoms with van der Waals surface area (Å²) >= 11 is 11.5. The number of hydrogen-bond acceptors (Lipinski definition) is 4. The second-order valence-electron chi connectivity index (χ2n) is 3.55. The van der Waals surface area contributed by atoms with Gasteiger partial charge < -0.3 is 5.11 Å². The summed E-state index contributed by atoms with van der Waals surface area (Å²) in [5.74, 6) is 0. The molecule has 1 aliphatic heterocycles. The van der Waals surface area contributed by atoms with E-state index < -0.39 is 16.1 Å². The van der Waals surface area contributed by atoms with Crippen molar-refractivity contribution in [3.8, 4) is 0 Å². The predicted octanol–water partition coefficient (Wildman–Crippen LogP) is 1.29. The van der Waals surface area contributed by atoms with E-state index in [0.717, 1.165) is 4.47 Å². The molecule has 8 heteroatoms. The zero-order chi connectivity index (χ0) is 12.6. The third-order valence-electron chi connectivity index (χ3n) is 2.17. The van der Waals surface area contributed by atoms with Crippen LogP contribution in [0.15, 0.2) is 23.1 Å². The minimum Gasteiger partial charge on any atom is -0.389 e. The van der Waals surface area contributed by atoms with Crippen LogP contribution in [0.5, 0.6) is 0 Å². The first-order chi connectivity index (χ1) is 7.89. The lowest BCUT2D eigenvalue weighted by Gasteiger charge is -2.14. The first-order valence-corrected chi connectivity index (χ1v) is 6.89. The van der Waals surface area contributed by atoms with E-state index in [1.54, 1.807) is 0 Å². The minimum atomic E-state index is -3.83. The Morgan fingerprint density at radius 1 is 1.29 bits per heavy atom. The highest BCUT2D eigenvalue weighted by Gasteiger charge is 2.33. The largest absolute Gasteiger partial charge is 0.389 e. The highest BCUT2D eigenvalue weighted by molar-refractivity contribution is 7.89. The second kappa shape index (κ2) is 4.72. The Morgan fingerprint density at radius 3 is 2.35 bits per heavy atom. The normalized spacial score (nSPS) is 21.9. The van der Waals surface area contributed by atoms with Crippen molar-refractivity contribution in [2.75, 3.05) is 13.2 Å². The summed E-state index contributed by atoms with van der Waals surface area (Å²) in [5, 5.41) is 9.67. The third-order valence-corrected chi connectivity index (χ3v) is 4.23. The molecule has 0 spiro atoms. The summed E-state index contributed by atoms with van der Waals surface area (Å²) in [7, 11) is -3.83. The average Bonchev–Trinajstić information content (AvgIpc) is 2.64. The number of hydrogen-bond donors (Lipinski definition) is 1. The molecule has 1 saturated heterocycles. The Morgan fingerprint density at radius 2 is 1.88 bits per heavy atom. The van der Waals surface area contributed by atoms with Gasteiger partial charge >= 0.3 is 0 Å². The number of aliphatic hydroxyl groups is 1. The maximum absolute atomic E-state index is 12.1. The predicted molar refractivity (Wildman–Crippen MR) is 62.3 cm³/mol. The molecular weight excluding hydrogens is 289 g/mol. The number of sulfonamides is 1. The van der Waals surface area contributed by atoms with Crippen molar-refractivity contribution in [3.05, 3.63) is 28.2 Å². The Labute approximate surface area is 109 Å². The molecule has 5 nitrogen and oxygen atoms in total. The maximum Gasteiger partial charge on any atom is 0.265 e. The molecule has 1 N–H and O–H groups in total. The van der Waals surface area contributed by atoms with Gasteiger partial charge in [0, 0.05) is 10.0 Å². The van der Waals surface area contributed by atoms with E-state index in [1.165, 1.54) is 18.2 Å². The van der Waals surface area contributed by atoms with Crippen molar-refractivity contribution in [2.24, 2.45) is 0 Å². The van der Waals surface area contributed by atoms with Crippen LogP contribution in [0, 0.1) is 0 Å². The summed E-state index contributed by atoms with van der Waals surface area (Å²) in [6.45, 7) is -0.153. The van der Waals surface area contributed by atoms with Crippen molar-refractivity contribution in [3.63, 3.8) is 0 Å². The molecule has 1 aromatic carbocycles. The summed E-state index contributed by atoms with van der Waals surface area (Å²) < 4.78 is 24.8. The van der Waals surface area contributed by atoms with Crippen LogP contribution in [0.1, 0.15) is 0 Å². The molecule has 1 aromatic rings. The van der Waals surface area contributed by atoms with Crippen LogP contribution in [0.25, 0.3) is 0 Å². The third kappa shape index (κ3) is 2.73. The Hall–Kier alpha value is -0.370. The zero-order valence-corrected chi connectivity index (χ0v) is 10.8. The standard InChI is InChI=1S/C9H9Cl2NO4S/c10-6-1-7(11)3-9(2-6)17(14,15)12-4-8(13)5-16-12/h1-3,8,13H,4-5H2/t8-/m0/s1. The quantitative estimate of drug-likeness (QED) is 0.893. The van der Waals surface area contributed by atoms with Gasteiger partial charge in [-0.15, -0.1) is 0 Å². The lowest BCUT2D eigenvalue weighted by atomic mass is 10.4. The summed E-state index contributed by atoms with van der Waals surface area (Å²) in [4.78, 5) is 4.81. The van der Waals surface area contributed by atoms with Gasteiger partial charge in [-0.3, -0.25) is 4.84 Å². The highest BCUT2D eigenvalue weighted by atomic mass is 35.5. The van der Waals surface area contributed by atoms with Gasteiger partial charge in [-0.1, -0.05) is 27.7 Å². The molecule has 0 aromatic heterocycles. The molecule has 2 rings (SSSR count). The van der Waals surface area contributed by atoms with Crippen molar-refractivity contribution >= 4 is 33.2 Å². The number of benzene rings is 1. The molecule has 0 radical (unpaired) electrons. The van der Waals surface area contributed by atoms with Gasteiger partial charge in [0.2, 0.25) is 0 Å². The average molecular weight is 298 g/mol. The maximum atomic E-state index is 12.1. The summed E-state index contributed by atoms with van der Waals surface area (Å²) in [6, 6.07) is 3.98. The van der Waals surface area contributed by atoms with E-state index in [9.17, 15) is 13.5 Å². The van der Waals surface area contributed by atoms with Gasteiger partial charge in [0.25, 0.3) is 10.0 Å². The Balaban J connectivity index is 2.38. The molecule has 1 atom stereocenters. The van der Waals surface area contributed by atoms with E-state index in [-0.39, 0.29) is 28.1 Å². The molecular formula is C9H9Cl2NO4S. The van der Waals surface area contributed by atoms with Gasteiger partial charge in [-0.2, -0.15) is 0 Å². The molecule has 1 heterocycles. The van der Waals surface area contributed by atoms with Crippen LogP contribution >= 0.6 is 23.2 Å². The molecule has 0 amide bonds. The number of β-amino-alcohol motifs (C(OH)–C–C–N with tert-alkyl or cyclic N) is 1. The van der Waals surface area contributed by atoms with Crippen LogP contribution < -0.4 is 0 Å². The first kappa shape index (κ1) is 13.1. The molecule has 0 bridgehead atoms. The van der Waals surface area contributed by atoms with Crippen molar-refractivity contribution in [2.45, 2.75) is 11.0 Å². The fraction of sp³-hybridized carbons (Fsp3) is 0.333. The van der Waals surface area contributed by atoms with Crippen LogP contribution in [0.3, 0.4) is 0 Å². The number of aliphatic hydroxyl groups excluding tert-OH is 1. The SMILES string of the molecule is O=S(=O)(c1cc(Cl)cc(Cl)c1)N1C[C@H](O)CO1. The summed E-state index contributed by atoms with van der Waals surface area (Å²) in [5.41, 5.74) is 0. The lowest BCUT2D eigenvalue weighted by molar-refractivity contribution is -0.0316. The fourth-order valence-electron chi connectivity index (χ4n) is 1.41. The van der Waals surface area contributed by atoms with Gasteiger partial charge in [0.1, 0.15) is 0 Å². The molecule has 17 heavy (non-hydrogen) atoms. The minimum absolute atomic E-state index is 0.0481. The highest BCUT2D eigenvalue weighted by Crippen LogP contribution is 2.26. The van der Waals surface area contributed by atoms with Gasteiger partial charge in [0.15, 0.2) is 0 Å². The van der Waals surface area contributed by atoms with Crippen LogP contribution in [-0.2, 0) is 14.9 Å². The zero-order valence-electron chi connectivity index (χ0n) is 8.51. The number of rotatable bonds is 2. The smallest absolute Gasteiger partial charge is 0.265 e. The van der Waals surface area contributed by atoms with Crippen molar-refractivity contribution in [1.29, 1.82) is 0 Å². The van der Waals surface area contributed by atoms with Crippen LogP contribution in [0.2, 0.25) is 10.0 Å². The van der Waals surface area contributed by atoms with E-state index in [1.807, 2.05) is 0 Å². The van der Waals surface area contributed by atoms with E-state index in [0.29, 0.717) is 0 Å². The van der Waals surface area contributed by atoms with Crippen molar-refractivity contribution in [1.82, 2.24) is 4.47 Å². The van der Waals surface area contributed by atoms with Crippen LogP contribution in [0.4, 0.5) is 0 Å². The molecule has 1 fully saturated rings. The molecule has 0 aliphatic carbocycles. The van der Waals surface area contributed by atoms with Gasteiger partial charge in [-0.05, 0) is 18.2 Å². The number of nitrogens with zero attached hydrogens (tertiary/aromatic N) is 1. The number of halogens is 2. The topological polar surface area (TPSA) is 66.8 Å². The van der Waals surface area contributed by atoms with E-state index in [2.05, 4.69) is 0 Å². The fourth-order valence-corrected chi connectivity index (χ4v) is 3.42. The van der Waals surface area contributed by atoms with Gasteiger partial charge in [0.05, 0.1) is 24.2 Å². The van der Waals surface area contributed by atoms with Crippen LogP contribution in [-0.4, -0.2) is 37.2 Å². The van der Waals surface area contributed by atoms with E-state index >= 15 is 0 Å². The first-order valence-electron chi connectivity index (χ1n) is 4.69. The molecule has 94 valence electrons. The Bertz CT molecular complexity index is 514. The molecule has 1 aliphatic rings. The molecule has 0 unspecified atom stereocenters. The molecule has 0 saturated carbocycles. The van der Waals surface area contributed by atoms with Gasteiger partial charge in [-0.25, -0.2) is 8.42 Å². The van der Waals surface area contributed by atoms with E-state index in [4.69, 9.17) is 28.0 Å².